The Morgan fingerprint density at radius 2 is 2.21 bits per heavy atom. The van der Waals surface area contributed by atoms with E-state index in [1.165, 1.54) is 0 Å². The summed E-state index contributed by atoms with van der Waals surface area (Å²) < 4.78 is 7.18. The molecule has 24 heavy (non-hydrogen) atoms. The van der Waals surface area contributed by atoms with Gasteiger partial charge >= 0.3 is 0 Å². The number of nitrogens with zero attached hydrogens (tertiary/aromatic N) is 4. The van der Waals surface area contributed by atoms with Gasteiger partial charge < -0.3 is 13.9 Å². The maximum atomic E-state index is 12.9. The van der Waals surface area contributed by atoms with E-state index in [2.05, 4.69) is 9.97 Å². The molecule has 0 spiro atoms. The van der Waals surface area contributed by atoms with Crippen LogP contribution < -0.4 is 0 Å². The first-order valence-corrected chi connectivity index (χ1v) is 7.93. The summed E-state index contributed by atoms with van der Waals surface area (Å²) in [7, 11) is 1.90. The van der Waals surface area contributed by atoms with Crippen molar-refractivity contribution in [2.75, 3.05) is 6.54 Å². The maximum Gasteiger partial charge on any atom is 0.290 e. The minimum Gasteiger partial charge on any atom is -0.440 e. The van der Waals surface area contributed by atoms with Crippen LogP contribution in [-0.2, 0) is 7.05 Å². The van der Waals surface area contributed by atoms with Crippen molar-refractivity contribution in [3.05, 3.63) is 71.4 Å². The van der Waals surface area contributed by atoms with Crippen molar-refractivity contribution >= 4 is 17.5 Å². The molecule has 0 fully saturated rings. The van der Waals surface area contributed by atoms with E-state index in [-0.39, 0.29) is 22.9 Å². The highest BCUT2D eigenvalue weighted by Gasteiger charge is 2.30. The minimum absolute atomic E-state index is 0.185. The summed E-state index contributed by atoms with van der Waals surface area (Å²) in [6, 6.07) is 6.53. The topological polar surface area (TPSA) is 64.2 Å². The van der Waals surface area contributed by atoms with Gasteiger partial charge in [0.15, 0.2) is 11.0 Å². The lowest BCUT2D eigenvalue weighted by Crippen LogP contribution is -2.36. The van der Waals surface area contributed by atoms with Gasteiger partial charge in [0.1, 0.15) is 11.9 Å². The Bertz CT molecular complexity index is 828. The Morgan fingerprint density at radius 1 is 1.38 bits per heavy atom. The van der Waals surface area contributed by atoms with E-state index in [4.69, 9.17) is 16.0 Å². The number of aromatic nitrogens is 3. The van der Waals surface area contributed by atoms with Gasteiger partial charge in [-0.05, 0) is 36.7 Å². The highest BCUT2D eigenvalue weighted by atomic mass is 35.5. The first-order chi connectivity index (χ1) is 11.6. The smallest absolute Gasteiger partial charge is 0.290 e. The lowest BCUT2D eigenvalue weighted by molar-refractivity contribution is 0.0676. The number of carbonyl (C=O) groups is 1. The summed E-state index contributed by atoms with van der Waals surface area (Å²) >= 11 is 5.81. The molecule has 0 saturated carbocycles. The average Bonchev–Trinajstić information content (AvgIpc) is 3.21. The summed E-state index contributed by atoms with van der Waals surface area (Å²) in [5.74, 6) is 0.696. The number of imidazole rings is 1. The van der Waals surface area contributed by atoms with Crippen LogP contribution in [0.5, 0.6) is 0 Å². The molecule has 0 aliphatic rings. The molecule has 3 heterocycles. The largest absolute Gasteiger partial charge is 0.440 e. The van der Waals surface area contributed by atoms with Gasteiger partial charge in [-0.25, -0.2) is 4.98 Å². The van der Waals surface area contributed by atoms with Crippen molar-refractivity contribution in [1.82, 2.24) is 19.4 Å². The Morgan fingerprint density at radius 3 is 2.75 bits per heavy atom. The number of amides is 1. The molecule has 3 rings (SSSR count). The van der Waals surface area contributed by atoms with Crippen molar-refractivity contribution in [3.63, 3.8) is 0 Å². The van der Waals surface area contributed by atoms with Gasteiger partial charge in [0.25, 0.3) is 5.91 Å². The Kier molecular flexibility index (Phi) is 4.66. The molecule has 0 aliphatic carbocycles. The number of carbonyl (C=O) groups excluding carboxylic acids is 1. The molecule has 0 N–H and O–H groups in total. The van der Waals surface area contributed by atoms with Crippen LogP contribution in [0.25, 0.3) is 0 Å². The first kappa shape index (κ1) is 16.3. The van der Waals surface area contributed by atoms with E-state index in [1.807, 2.05) is 36.9 Å². The van der Waals surface area contributed by atoms with Crippen LogP contribution in [0.3, 0.4) is 0 Å². The summed E-state index contributed by atoms with van der Waals surface area (Å²) in [5.41, 5.74) is 0.875. The van der Waals surface area contributed by atoms with Crippen molar-refractivity contribution in [1.29, 1.82) is 0 Å². The monoisotopic (exact) mass is 344 g/mol. The zero-order valence-corrected chi connectivity index (χ0v) is 14.1. The van der Waals surface area contributed by atoms with Gasteiger partial charge in [-0.2, -0.15) is 0 Å². The van der Waals surface area contributed by atoms with Crippen LogP contribution in [0.4, 0.5) is 0 Å². The summed E-state index contributed by atoms with van der Waals surface area (Å²) in [6.45, 7) is 2.39. The van der Waals surface area contributed by atoms with Crippen LogP contribution in [0.1, 0.15) is 34.9 Å². The molecule has 7 heteroatoms. The molecule has 0 saturated heterocycles. The number of pyridine rings is 1. The lowest BCUT2D eigenvalue weighted by Gasteiger charge is -2.30. The second kappa shape index (κ2) is 6.88. The molecule has 1 amide bonds. The predicted molar refractivity (Wildman–Crippen MR) is 89.7 cm³/mol. The van der Waals surface area contributed by atoms with Gasteiger partial charge in [0.05, 0.1) is 0 Å². The van der Waals surface area contributed by atoms with Crippen molar-refractivity contribution in [3.8, 4) is 0 Å². The van der Waals surface area contributed by atoms with E-state index in [0.29, 0.717) is 6.54 Å². The van der Waals surface area contributed by atoms with Gasteiger partial charge in [-0.3, -0.25) is 9.78 Å². The Labute approximate surface area is 144 Å². The minimum atomic E-state index is -0.375. The SMILES string of the molecule is CCN(C(=O)c1ccc(Cl)o1)C(c1cccnc1)c1nccn1C. The molecule has 0 aromatic carbocycles. The van der Waals surface area contributed by atoms with Crippen LogP contribution in [0.15, 0.2) is 53.5 Å². The van der Waals surface area contributed by atoms with Crippen LogP contribution in [0.2, 0.25) is 5.22 Å². The molecular formula is C17H17ClN4O2. The fourth-order valence-electron chi connectivity index (χ4n) is 2.66. The molecule has 3 aromatic heterocycles. The lowest BCUT2D eigenvalue weighted by atomic mass is 10.1. The van der Waals surface area contributed by atoms with E-state index in [9.17, 15) is 4.79 Å². The highest BCUT2D eigenvalue weighted by Crippen LogP contribution is 2.29. The number of hydrogen-bond donors (Lipinski definition) is 0. The standard InChI is InChI=1S/C17H17ClN4O2/c1-3-22(17(23)13-6-7-14(18)24-13)15(12-5-4-8-19-11-12)16-20-9-10-21(16)2/h4-11,15H,3H2,1-2H3. The second-order valence-corrected chi connectivity index (χ2v) is 5.65. The van der Waals surface area contributed by atoms with E-state index in [0.717, 1.165) is 11.4 Å². The number of furan rings is 1. The van der Waals surface area contributed by atoms with Crippen LogP contribution in [0, 0.1) is 0 Å². The average molecular weight is 345 g/mol. The van der Waals surface area contributed by atoms with Crippen molar-refractivity contribution < 1.29 is 9.21 Å². The number of halogens is 1. The molecule has 0 aliphatic heterocycles. The number of rotatable bonds is 5. The quantitative estimate of drug-likeness (QED) is 0.712. The van der Waals surface area contributed by atoms with Crippen molar-refractivity contribution in [2.45, 2.75) is 13.0 Å². The first-order valence-electron chi connectivity index (χ1n) is 7.55. The van der Waals surface area contributed by atoms with Crippen LogP contribution >= 0.6 is 11.6 Å². The Balaban J connectivity index is 2.06. The van der Waals surface area contributed by atoms with Gasteiger partial charge in [0.2, 0.25) is 0 Å². The van der Waals surface area contributed by atoms with E-state index < -0.39 is 0 Å². The Hall–Kier alpha value is -2.60. The zero-order valence-electron chi connectivity index (χ0n) is 13.4. The maximum absolute atomic E-state index is 12.9. The fraction of sp³-hybridized carbons (Fsp3) is 0.235. The summed E-state index contributed by atoms with van der Waals surface area (Å²) in [6.07, 6.45) is 7.00. The van der Waals surface area contributed by atoms with E-state index >= 15 is 0 Å². The van der Waals surface area contributed by atoms with Gasteiger partial charge in [-0.1, -0.05) is 6.07 Å². The number of hydrogen-bond acceptors (Lipinski definition) is 4. The molecule has 0 bridgehead atoms. The molecule has 3 aromatic rings. The van der Waals surface area contributed by atoms with E-state index in [1.54, 1.807) is 35.6 Å². The third-order valence-corrected chi connectivity index (χ3v) is 4.00. The zero-order chi connectivity index (χ0) is 17.1. The summed E-state index contributed by atoms with van der Waals surface area (Å²) in [4.78, 5) is 23.2. The molecule has 124 valence electrons. The van der Waals surface area contributed by atoms with Gasteiger partial charge in [-0.15, -0.1) is 0 Å². The normalized spacial score (nSPS) is 12.1. The van der Waals surface area contributed by atoms with Crippen LogP contribution in [-0.4, -0.2) is 31.9 Å². The highest BCUT2D eigenvalue weighted by molar-refractivity contribution is 6.29. The third kappa shape index (κ3) is 3.05. The predicted octanol–water partition coefficient (Wildman–Crippen LogP) is 3.31. The molecule has 0 radical (unpaired) electrons. The second-order valence-electron chi connectivity index (χ2n) is 5.28. The fourth-order valence-corrected chi connectivity index (χ4v) is 2.81. The van der Waals surface area contributed by atoms with Gasteiger partial charge in [0, 0.05) is 43.9 Å². The molecule has 6 nitrogen and oxygen atoms in total. The number of aryl methyl sites for hydroxylation is 1. The summed E-state index contributed by atoms with van der Waals surface area (Å²) in [5, 5.41) is 0.185. The molecular weight excluding hydrogens is 328 g/mol. The van der Waals surface area contributed by atoms with Crippen molar-refractivity contribution in [2.24, 2.45) is 7.05 Å². The molecule has 1 unspecified atom stereocenters. The third-order valence-electron chi connectivity index (χ3n) is 3.80. The molecule has 1 atom stereocenters.